The second-order valence-electron chi connectivity index (χ2n) is 4.13. The molecule has 1 aliphatic rings. The zero-order chi connectivity index (χ0) is 12.8. The van der Waals surface area contributed by atoms with E-state index in [1.807, 2.05) is 4.68 Å². The zero-order valence-electron chi connectivity index (χ0n) is 9.51. The number of tetrazole rings is 1. The third-order valence-electron chi connectivity index (χ3n) is 2.74. The molecule has 3 aromatic rings. The van der Waals surface area contributed by atoms with Crippen LogP contribution in [0.3, 0.4) is 0 Å². The number of fused-ring (bicyclic) bond motifs is 1. The molecule has 0 spiro atoms. The summed E-state index contributed by atoms with van der Waals surface area (Å²) >= 11 is 7.37. The Morgan fingerprint density at radius 1 is 1.37 bits per heavy atom. The van der Waals surface area contributed by atoms with Crippen molar-refractivity contribution >= 4 is 29.1 Å². The summed E-state index contributed by atoms with van der Waals surface area (Å²) in [4.78, 5) is 8.10. The average Bonchev–Trinajstić information content (AvgIpc) is 2.94. The van der Waals surface area contributed by atoms with Gasteiger partial charge in [-0.05, 0) is 35.0 Å². The summed E-state index contributed by atoms with van der Waals surface area (Å²) in [6.07, 6.45) is 3.68. The van der Waals surface area contributed by atoms with Gasteiger partial charge in [-0.15, -0.1) is 5.10 Å². The van der Waals surface area contributed by atoms with Crippen molar-refractivity contribution in [2.75, 3.05) is 0 Å². The van der Waals surface area contributed by atoms with Crippen molar-refractivity contribution in [2.45, 2.75) is 29.1 Å². The summed E-state index contributed by atoms with van der Waals surface area (Å²) in [6, 6.07) is 2.14. The minimum atomic E-state index is 0.369. The number of halogens is 1. The molecule has 8 nitrogen and oxygen atoms in total. The first-order valence-electron chi connectivity index (χ1n) is 5.63. The van der Waals surface area contributed by atoms with E-state index in [9.17, 15) is 0 Å². The number of aromatic nitrogens is 8. The number of rotatable bonds is 3. The van der Waals surface area contributed by atoms with Crippen LogP contribution < -0.4 is 0 Å². The molecule has 0 amide bonds. The van der Waals surface area contributed by atoms with Crippen LogP contribution in [0.5, 0.6) is 0 Å². The Kier molecular flexibility index (Phi) is 2.42. The van der Waals surface area contributed by atoms with E-state index in [4.69, 9.17) is 11.6 Å². The molecule has 1 fully saturated rings. The van der Waals surface area contributed by atoms with Crippen LogP contribution in [0.1, 0.15) is 18.9 Å². The molecule has 3 aromatic heterocycles. The van der Waals surface area contributed by atoms with Gasteiger partial charge in [0.1, 0.15) is 16.5 Å². The molecule has 10 heteroatoms. The summed E-state index contributed by atoms with van der Waals surface area (Å²) in [5.74, 6) is 0.459. The molecule has 3 heterocycles. The smallest absolute Gasteiger partial charge is 0.217 e. The minimum absolute atomic E-state index is 0.369. The number of hydrogen-bond acceptors (Lipinski definition) is 7. The first-order valence-corrected chi connectivity index (χ1v) is 6.83. The molecule has 0 aliphatic heterocycles. The molecule has 0 N–H and O–H groups in total. The van der Waals surface area contributed by atoms with E-state index < -0.39 is 0 Å². The Bertz CT molecular complexity index is 748. The Balaban J connectivity index is 1.78. The van der Waals surface area contributed by atoms with Gasteiger partial charge in [0.05, 0.1) is 6.04 Å². The fourth-order valence-corrected chi connectivity index (χ4v) is 2.90. The van der Waals surface area contributed by atoms with Gasteiger partial charge in [0, 0.05) is 6.07 Å². The van der Waals surface area contributed by atoms with Crippen molar-refractivity contribution in [2.24, 2.45) is 0 Å². The van der Waals surface area contributed by atoms with Gasteiger partial charge in [-0.25, -0.2) is 4.68 Å². The van der Waals surface area contributed by atoms with Crippen LogP contribution in [0.25, 0.3) is 5.78 Å². The lowest BCUT2D eigenvalue weighted by molar-refractivity contribution is 0.565. The van der Waals surface area contributed by atoms with E-state index in [0.29, 0.717) is 17.0 Å². The zero-order valence-corrected chi connectivity index (χ0v) is 11.1. The maximum Gasteiger partial charge on any atom is 0.254 e. The summed E-state index contributed by atoms with van der Waals surface area (Å²) in [6.45, 7) is 0. The lowest BCUT2D eigenvalue weighted by atomic mass is 10.7. The van der Waals surface area contributed by atoms with Crippen LogP contribution in [-0.4, -0.2) is 39.8 Å². The van der Waals surface area contributed by atoms with Gasteiger partial charge in [-0.2, -0.15) is 19.6 Å². The van der Waals surface area contributed by atoms with Crippen molar-refractivity contribution in [3.8, 4) is 0 Å². The second-order valence-corrected chi connectivity index (χ2v) is 5.50. The second kappa shape index (κ2) is 4.14. The van der Waals surface area contributed by atoms with E-state index >= 15 is 0 Å². The van der Waals surface area contributed by atoms with Gasteiger partial charge in [0.15, 0.2) is 0 Å². The van der Waals surface area contributed by atoms with Crippen LogP contribution in [0.2, 0.25) is 5.15 Å². The quantitative estimate of drug-likeness (QED) is 0.672. The highest BCUT2D eigenvalue weighted by Crippen LogP contribution is 2.38. The van der Waals surface area contributed by atoms with E-state index in [1.54, 1.807) is 10.6 Å². The molecule has 0 saturated heterocycles. The predicted octanol–water partition coefficient (Wildman–Crippen LogP) is 1.25. The number of nitrogens with zero attached hydrogens (tertiary/aromatic N) is 8. The Hall–Kier alpha value is -1.74. The molecule has 96 valence electrons. The molecule has 0 unspecified atom stereocenters. The highest BCUT2D eigenvalue weighted by atomic mass is 35.5. The van der Waals surface area contributed by atoms with E-state index in [1.165, 1.54) is 18.1 Å². The average molecular weight is 295 g/mol. The molecule has 19 heavy (non-hydrogen) atoms. The van der Waals surface area contributed by atoms with Crippen molar-refractivity contribution in [1.82, 2.24) is 39.8 Å². The van der Waals surface area contributed by atoms with Crippen molar-refractivity contribution < 1.29 is 0 Å². The lowest BCUT2D eigenvalue weighted by Gasteiger charge is -2.04. The third-order valence-corrected chi connectivity index (χ3v) is 3.88. The van der Waals surface area contributed by atoms with Gasteiger partial charge in [0.2, 0.25) is 5.16 Å². The first kappa shape index (κ1) is 11.1. The standard InChI is InChI=1S/C9H7ClN8S/c10-6-3-7(18-8(13-6)11-4-12-18)19-9-14-15-16-17(9)5-1-2-5/h3-5H,1-2H2. The highest BCUT2D eigenvalue weighted by molar-refractivity contribution is 7.99. The fourth-order valence-electron chi connectivity index (χ4n) is 1.73. The van der Waals surface area contributed by atoms with E-state index in [2.05, 4.69) is 30.6 Å². The minimum Gasteiger partial charge on any atom is -0.217 e. The van der Waals surface area contributed by atoms with Gasteiger partial charge >= 0.3 is 0 Å². The molecule has 4 rings (SSSR count). The summed E-state index contributed by atoms with van der Waals surface area (Å²) in [5.41, 5.74) is 0. The topological polar surface area (TPSA) is 86.7 Å². The van der Waals surface area contributed by atoms with Crippen LogP contribution in [0.15, 0.2) is 22.6 Å². The molecule has 0 bridgehead atoms. The van der Waals surface area contributed by atoms with Crippen molar-refractivity contribution in [3.63, 3.8) is 0 Å². The van der Waals surface area contributed by atoms with Crippen molar-refractivity contribution in [3.05, 3.63) is 17.5 Å². The van der Waals surface area contributed by atoms with Gasteiger partial charge in [-0.1, -0.05) is 11.6 Å². The monoisotopic (exact) mass is 294 g/mol. The maximum atomic E-state index is 5.97. The number of hydrogen-bond donors (Lipinski definition) is 0. The predicted molar refractivity (Wildman–Crippen MR) is 66.0 cm³/mol. The van der Waals surface area contributed by atoms with E-state index in [-0.39, 0.29) is 0 Å². The Morgan fingerprint density at radius 2 is 2.26 bits per heavy atom. The molecule has 0 radical (unpaired) electrons. The Morgan fingerprint density at radius 3 is 3.11 bits per heavy atom. The van der Waals surface area contributed by atoms with Crippen LogP contribution in [-0.2, 0) is 0 Å². The molecule has 1 saturated carbocycles. The van der Waals surface area contributed by atoms with Gasteiger partial charge in [0.25, 0.3) is 5.78 Å². The summed E-state index contributed by atoms with van der Waals surface area (Å²) in [7, 11) is 0. The van der Waals surface area contributed by atoms with E-state index in [0.717, 1.165) is 23.0 Å². The van der Waals surface area contributed by atoms with Crippen LogP contribution in [0.4, 0.5) is 0 Å². The fraction of sp³-hybridized carbons (Fsp3) is 0.333. The normalized spacial score (nSPS) is 15.2. The molecular formula is C9H7ClN8S. The van der Waals surface area contributed by atoms with Gasteiger partial charge in [-0.3, -0.25) is 0 Å². The van der Waals surface area contributed by atoms with Gasteiger partial charge < -0.3 is 0 Å². The van der Waals surface area contributed by atoms with Crippen LogP contribution >= 0.6 is 23.4 Å². The largest absolute Gasteiger partial charge is 0.254 e. The van der Waals surface area contributed by atoms with Crippen LogP contribution in [0, 0.1) is 0 Å². The highest BCUT2D eigenvalue weighted by Gasteiger charge is 2.28. The Labute approximate surface area is 116 Å². The summed E-state index contributed by atoms with van der Waals surface area (Å²) < 4.78 is 3.45. The molecular weight excluding hydrogens is 288 g/mol. The summed E-state index contributed by atoms with van der Waals surface area (Å²) in [5, 5.41) is 17.7. The van der Waals surface area contributed by atoms with Crippen molar-refractivity contribution in [1.29, 1.82) is 0 Å². The molecule has 0 aromatic carbocycles. The molecule has 0 atom stereocenters. The maximum absolute atomic E-state index is 5.97. The molecule has 1 aliphatic carbocycles. The third kappa shape index (κ3) is 1.94. The first-order chi connectivity index (χ1) is 9.31. The lowest BCUT2D eigenvalue weighted by Crippen LogP contribution is -2.01. The SMILES string of the molecule is Clc1cc(Sc2nnnn2C2CC2)n2ncnc2n1.